The van der Waals surface area contributed by atoms with Gasteiger partial charge in [-0.05, 0) is 56.5 Å². The Balaban J connectivity index is 2.25. The standard InChI is InChI=1S/C17H19N3O2/c1-11-8-13(3)17(9-12(11)2)14(4)18-19-15-6-5-7-16(10-15)20(21)22/h5-10,19H,1-4H3/b18-14-. The SMILES string of the molecule is C/C(=N/Nc1cccc([N+](=O)[O-])c1)c1cc(C)c(C)cc1C. The third-order valence-corrected chi connectivity index (χ3v) is 3.64. The maximum Gasteiger partial charge on any atom is 0.271 e. The number of rotatable bonds is 4. The van der Waals surface area contributed by atoms with Gasteiger partial charge in [-0.25, -0.2) is 0 Å². The number of nitro benzene ring substituents is 1. The smallest absolute Gasteiger partial charge is 0.271 e. The number of nitrogens with zero attached hydrogens (tertiary/aromatic N) is 2. The Morgan fingerprint density at radius 2 is 1.77 bits per heavy atom. The Bertz CT molecular complexity index is 752. The van der Waals surface area contributed by atoms with E-state index in [2.05, 4.69) is 36.5 Å². The molecule has 1 N–H and O–H groups in total. The first-order valence-corrected chi connectivity index (χ1v) is 7.01. The van der Waals surface area contributed by atoms with E-state index in [-0.39, 0.29) is 5.69 Å². The summed E-state index contributed by atoms with van der Waals surface area (Å²) >= 11 is 0. The highest BCUT2D eigenvalue weighted by molar-refractivity contribution is 6.00. The lowest BCUT2D eigenvalue weighted by Gasteiger charge is -2.10. The van der Waals surface area contributed by atoms with Crippen molar-refractivity contribution in [2.75, 3.05) is 5.43 Å². The van der Waals surface area contributed by atoms with Crippen LogP contribution in [0.1, 0.15) is 29.2 Å². The molecule has 0 bridgehead atoms. The molecule has 5 nitrogen and oxygen atoms in total. The summed E-state index contributed by atoms with van der Waals surface area (Å²) in [4.78, 5) is 10.3. The van der Waals surface area contributed by atoms with E-state index in [4.69, 9.17) is 0 Å². The van der Waals surface area contributed by atoms with Crippen LogP contribution in [0.25, 0.3) is 0 Å². The molecule has 5 heteroatoms. The summed E-state index contributed by atoms with van der Waals surface area (Å²) in [6, 6.07) is 10.5. The lowest BCUT2D eigenvalue weighted by atomic mass is 9.98. The number of nitrogens with one attached hydrogen (secondary N) is 1. The third kappa shape index (κ3) is 3.49. The second-order valence-electron chi connectivity index (χ2n) is 5.37. The second-order valence-corrected chi connectivity index (χ2v) is 5.37. The van der Waals surface area contributed by atoms with Crippen LogP contribution in [-0.4, -0.2) is 10.6 Å². The molecule has 0 aliphatic carbocycles. The van der Waals surface area contributed by atoms with Crippen molar-refractivity contribution in [1.82, 2.24) is 0 Å². The minimum absolute atomic E-state index is 0.0419. The Labute approximate surface area is 129 Å². The number of hydrogen-bond acceptors (Lipinski definition) is 4. The zero-order valence-electron chi connectivity index (χ0n) is 13.2. The zero-order chi connectivity index (χ0) is 16.3. The van der Waals surface area contributed by atoms with Crippen LogP contribution in [0.15, 0.2) is 41.5 Å². The lowest BCUT2D eigenvalue weighted by Crippen LogP contribution is -2.03. The van der Waals surface area contributed by atoms with Crippen molar-refractivity contribution in [3.8, 4) is 0 Å². The molecule has 0 amide bonds. The van der Waals surface area contributed by atoms with E-state index in [0.29, 0.717) is 5.69 Å². The molecule has 2 rings (SSSR count). The van der Waals surface area contributed by atoms with Crippen molar-refractivity contribution in [2.45, 2.75) is 27.7 Å². The van der Waals surface area contributed by atoms with Crippen LogP contribution in [0, 0.1) is 30.9 Å². The minimum atomic E-state index is -0.421. The fourth-order valence-corrected chi connectivity index (χ4v) is 2.25. The van der Waals surface area contributed by atoms with Crippen molar-refractivity contribution in [2.24, 2.45) is 5.10 Å². The Morgan fingerprint density at radius 3 is 2.45 bits per heavy atom. The first-order chi connectivity index (χ1) is 10.4. The molecule has 0 saturated carbocycles. The summed E-state index contributed by atoms with van der Waals surface area (Å²) in [6.45, 7) is 8.12. The fraction of sp³-hybridized carbons (Fsp3) is 0.235. The molecule has 22 heavy (non-hydrogen) atoms. The van der Waals surface area contributed by atoms with E-state index in [9.17, 15) is 10.1 Å². The first kappa shape index (κ1) is 15.7. The number of anilines is 1. The maximum atomic E-state index is 10.8. The van der Waals surface area contributed by atoms with Crippen molar-refractivity contribution >= 4 is 17.1 Å². The largest absolute Gasteiger partial charge is 0.278 e. The second kappa shape index (κ2) is 6.39. The van der Waals surface area contributed by atoms with Crippen LogP contribution in [0.2, 0.25) is 0 Å². The average molecular weight is 297 g/mol. The lowest BCUT2D eigenvalue weighted by molar-refractivity contribution is -0.384. The third-order valence-electron chi connectivity index (χ3n) is 3.64. The van der Waals surface area contributed by atoms with E-state index in [0.717, 1.165) is 16.8 Å². The van der Waals surface area contributed by atoms with Gasteiger partial charge in [-0.2, -0.15) is 5.10 Å². The topological polar surface area (TPSA) is 67.5 Å². The quantitative estimate of drug-likeness (QED) is 0.518. The van der Waals surface area contributed by atoms with E-state index in [1.165, 1.54) is 23.3 Å². The molecule has 0 saturated heterocycles. The van der Waals surface area contributed by atoms with Gasteiger partial charge in [0.2, 0.25) is 0 Å². The minimum Gasteiger partial charge on any atom is -0.278 e. The molecule has 0 aliphatic rings. The number of hydrogen-bond donors (Lipinski definition) is 1. The molecule has 0 atom stereocenters. The van der Waals surface area contributed by atoms with Crippen molar-refractivity contribution in [3.63, 3.8) is 0 Å². The Morgan fingerprint density at radius 1 is 1.09 bits per heavy atom. The van der Waals surface area contributed by atoms with E-state index < -0.39 is 4.92 Å². The summed E-state index contributed by atoms with van der Waals surface area (Å²) in [7, 11) is 0. The summed E-state index contributed by atoms with van der Waals surface area (Å²) < 4.78 is 0. The summed E-state index contributed by atoms with van der Waals surface area (Å²) in [6.07, 6.45) is 0. The summed E-state index contributed by atoms with van der Waals surface area (Å²) in [5.74, 6) is 0. The molecule has 2 aromatic rings. The van der Waals surface area contributed by atoms with Gasteiger partial charge in [0.15, 0.2) is 0 Å². The monoisotopic (exact) mass is 297 g/mol. The van der Waals surface area contributed by atoms with Crippen LogP contribution < -0.4 is 5.43 Å². The van der Waals surface area contributed by atoms with Crippen LogP contribution in [0.4, 0.5) is 11.4 Å². The van der Waals surface area contributed by atoms with Crippen LogP contribution in [0.3, 0.4) is 0 Å². The van der Waals surface area contributed by atoms with E-state index in [1.807, 2.05) is 13.8 Å². The maximum absolute atomic E-state index is 10.8. The predicted molar refractivity (Wildman–Crippen MR) is 89.6 cm³/mol. The number of aryl methyl sites for hydroxylation is 3. The molecule has 0 radical (unpaired) electrons. The zero-order valence-corrected chi connectivity index (χ0v) is 13.2. The van der Waals surface area contributed by atoms with Crippen LogP contribution >= 0.6 is 0 Å². The molecule has 0 heterocycles. The summed E-state index contributed by atoms with van der Waals surface area (Å²) in [5, 5.41) is 15.1. The molecular formula is C17H19N3O2. The highest BCUT2D eigenvalue weighted by atomic mass is 16.6. The van der Waals surface area contributed by atoms with Gasteiger partial charge in [0.25, 0.3) is 5.69 Å². The highest BCUT2D eigenvalue weighted by Gasteiger charge is 2.07. The molecule has 0 unspecified atom stereocenters. The Kier molecular flexibility index (Phi) is 4.56. The average Bonchev–Trinajstić information content (AvgIpc) is 2.48. The first-order valence-electron chi connectivity index (χ1n) is 7.01. The number of non-ortho nitro benzene ring substituents is 1. The van der Waals surface area contributed by atoms with Gasteiger partial charge in [-0.1, -0.05) is 12.1 Å². The van der Waals surface area contributed by atoms with Crippen LogP contribution in [-0.2, 0) is 0 Å². The van der Waals surface area contributed by atoms with E-state index in [1.54, 1.807) is 12.1 Å². The molecule has 0 fully saturated rings. The van der Waals surface area contributed by atoms with Gasteiger partial charge in [0.1, 0.15) is 0 Å². The van der Waals surface area contributed by atoms with Gasteiger partial charge >= 0.3 is 0 Å². The van der Waals surface area contributed by atoms with Crippen LogP contribution in [0.5, 0.6) is 0 Å². The van der Waals surface area contributed by atoms with Crippen molar-refractivity contribution in [3.05, 3.63) is 68.8 Å². The van der Waals surface area contributed by atoms with Crippen molar-refractivity contribution < 1.29 is 4.92 Å². The van der Waals surface area contributed by atoms with Gasteiger partial charge in [0, 0.05) is 17.7 Å². The fourth-order valence-electron chi connectivity index (χ4n) is 2.25. The molecule has 0 aromatic heterocycles. The van der Waals surface area contributed by atoms with Gasteiger partial charge in [0.05, 0.1) is 16.3 Å². The highest BCUT2D eigenvalue weighted by Crippen LogP contribution is 2.19. The molecule has 0 spiro atoms. The number of hydrazone groups is 1. The van der Waals surface area contributed by atoms with E-state index >= 15 is 0 Å². The van der Waals surface area contributed by atoms with Gasteiger partial charge < -0.3 is 0 Å². The Hall–Kier alpha value is -2.69. The predicted octanol–water partition coefficient (Wildman–Crippen LogP) is 4.36. The molecular weight excluding hydrogens is 278 g/mol. The summed E-state index contributed by atoms with van der Waals surface area (Å²) in [5.41, 5.74) is 9.05. The van der Waals surface area contributed by atoms with Crippen molar-refractivity contribution in [1.29, 1.82) is 0 Å². The molecule has 0 aliphatic heterocycles. The number of nitro groups is 1. The molecule has 2 aromatic carbocycles. The number of benzene rings is 2. The molecule has 114 valence electrons. The van der Waals surface area contributed by atoms with Gasteiger partial charge in [-0.15, -0.1) is 0 Å². The van der Waals surface area contributed by atoms with Gasteiger partial charge in [-0.3, -0.25) is 15.5 Å². The normalized spacial score (nSPS) is 11.4.